The lowest BCUT2D eigenvalue weighted by Crippen LogP contribution is -2.30. The Bertz CT molecular complexity index is 468. The number of aromatic nitrogens is 1. The number of hydrogen-bond donors (Lipinski definition) is 1. The topological polar surface area (TPSA) is 70.5 Å². The molecule has 1 saturated heterocycles. The maximum Gasteiger partial charge on any atom is 0.308 e. The van der Waals surface area contributed by atoms with Crippen LogP contribution in [0.2, 0.25) is 0 Å². The Morgan fingerprint density at radius 2 is 2.11 bits per heavy atom. The zero-order chi connectivity index (χ0) is 12.4. The number of hydrogen-bond acceptors (Lipinski definition) is 3. The van der Waals surface area contributed by atoms with E-state index in [4.69, 9.17) is 5.11 Å². The van der Waals surface area contributed by atoms with Crippen molar-refractivity contribution >= 4 is 36.7 Å². The summed E-state index contributed by atoms with van der Waals surface area (Å²) in [5.41, 5.74) is 1.23. The Morgan fingerprint density at radius 1 is 1.42 bits per heavy atom. The van der Waals surface area contributed by atoms with E-state index >= 15 is 0 Å². The van der Waals surface area contributed by atoms with Gasteiger partial charge in [0.2, 0.25) is 0 Å². The van der Waals surface area contributed by atoms with E-state index in [1.54, 1.807) is 30.2 Å². The van der Waals surface area contributed by atoms with Crippen molar-refractivity contribution in [2.45, 2.75) is 13.3 Å². The van der Waals surface area contributed by atoms with Gasteiger partial charge in [-0.15, -0.1) is 24.8 Å². The number of amides is 1. The molecule has 0 spiro atoms. The van der Waals surface area contributed by atoms with Crippen molar-refractivity contribution in [2.24, 2.45) is 5.92 Å². The first-order valence-corrected chi connectivity index (χ1v) is 5.53. The maximum atomic E-state index is 12.1. The summed E-state index contributed by atoms with van der Waals surface area (Å²) in [7, 11) is 0. The molecule has 2 rings (SSSR count). The molecule has 1 fully saturated rings. The molecule has 1 aromatic rings. The second-order valence-electron chi connectivity index (χ2n) is 4.21. The van der Waals surface area contributed by atoms with Gasteiger partial charge in [-0.25, -0.2) is 0 Å². The lowest BCUT2D eigenvalue weighted by Gasteiger charge is -2.16. The van der Waals surface area contributed by atoms with Crippen LogP contribution in [0.15, 0.2) is 18.3 Å². The molecular weight excluding hydrogens is 291 g/mol. The number of rotatable bonds is 2. The Kier molecular flexibility index (Phi) is 6.79. The summed E-state index contributed by atoms with van der Waals surface area (Å²) in [6.07, 6.45) is 2.16. The van der Waals surface area contributed by atoms with E-state index < -0.39 is 11.9 Å². The molecule has 5 nitrogen and oxygen atoms in total. The van der Waals surface area contributed by atoms with Crippen LogP contribution in [0.1, 0.15) is 22.5 Å². The molecule has 0 aromatic carbocycles. The minimum atomic E-state index is -0.830. The molecule has 1 aromatic heterocycles. The molecule has 2 heterocycles. The Labute approximate surface area is 123 Å². The number of aryl methyl sites for hydroxylation is 1. The zero-order valence-corrected chi connectivity index (χ0v) is 12.0. The van der Waals surface area contributed by atoms with Crippen LogP contribution in [0, 0.1) is 12.8 Å². The predicted molar refractivity (Wildman–Crippen MR) is 75.1 cm³/mol. The highest BCUT2D eigenvalue weighted by molar-refractivity contribution is 5.95. The van der Waals surface area contributed by atoms with Gasteiger partial charge in [-0.3, -0.25) is 14.6 Å². The van der Waals surface area contributed by atoms with Crippen LogP contribution in [0.25, 0.3) is 0 Å². The van der Waals surface area contributed by atoms with Gasteiger partial charge in [0.15, 0.2) is 0 Å². The molecule has 19 heavy (non-hydrogen) atoms. The van der Waals surface area contributed by atoms with Crippen molar-refractivity contribution < 1.29 is 14.7 Å². The SMILES string of the molecule is Cc1ncccc1C(=O)N1CCC(C(=O)O)C1.Cl.Cl. The van der Waals surface area contributed by atoms with Gasteiger partial charge < -0.3 is 10.0 Å². The van der Waals surface area contributed by atoms with Gasteiger partial charge in [-0.1, -0.05) is 0 Å². The van der Waals surface area contributed by atoms with Gasteiger partial charge in [-0.05, 0) is 25.5 Å². The number of halogens is 2. The average molecular weight is 307 g/mol. The standard InChI is InChI=1S/C12H14N2O3.2ClH/c1-8-10(3-2-5-13-8)11(15)14-6-4-9(7-14)12(16)17;;/h2-3,5,9H,4,6-7H2,1H3,(H,16,17);2*1H. The third-order valence-electron chi connectivity index (χ3n) is 3.06. The summed E-state index contributed by atoms with van der Waals surface area (Å²) in [4.78, 5) is 28.6. The summed E-state index contributed by atoms with van der Waals surface area (Å²) in [6.45, 7) is 2.57. The second kappa shape index (κ2) is 7.31. The molecule has 0 bridgehead atoms. The number of carboxylic acids is 1. The van der Waals surface area contributed by atoms with E-state index in [9.17, 15) is 9.59 Å². The van der Waals surface area contributed by atoms with Crippen molar-refractivity contribution in [1.82, 2.24) is 9.88 Å². The number of carboxylic acid groups (broad SMARTS) is 1. The van der Waals surface area contributed by atoms with Gasteiger partial charge in [0.1, 0.15) is 0 Å². The molecule has 1 aliphatic rings. The summed E-state index contributed by atoms with van der Waals surface area (Å²) < 4.78 is 0. The molecule has 0 saturated carbocycles. The third kappa shape index (κ3) is 3.81. The van der Waals surface area contributed by atoms with Crippen LogP contribution in [0.3, 0.4) is 0 Å². The highest BCUT2D eigenvalue weighted by Crippen LogP contribution is 2.19. The number of aliphatic carboxylic acids is 1. The number of likely N-dealkylation sites (tertiary alicyclic amines) is 1. The van der Waals surface area contributed by atoms with E-state index in [2.05, 4.69) is 4.98 Å². The van der Waals surface area contributed by atoms with Crippen LogP contribution < -0.4 is 0 Å². The largest absolute Gasteiger partial charge is 0.481 e. The summed E-state index contributed by atoms with van der Waals surface area (Å²) in [5, 5.41) is 8.89. The summed E-state index contributed by atoms with van der Waals surface area (Å²) in [6, 6.07) is 3.43. The van der Waals surface area contributed by atoms with Crippen LogP contribution in [-0.2, 0) is 4.79 Å². The Morgan fingerprint density at radius 3 is 2.63 bits per heavy atom. The normalized spacial score (nSPS) is 17.3. The van der Waals surface area contributed by atoms with Crippen LogP contribution in [0.4, 0.5) is 0 Å². The molecule has 0 radical (unpaired) electrons. The monoisotopic (exact) mass is 306 g/mol. The zero-order valence-electron chi connectivity index (χ0n) is 10.4. The molecule has 1 N–H and O–H groups in total. The number of carbonyl (C=O) groups is 2. The van der Waals surface area contributed by atoms with Gasteiger partial charge in [0, 0.05) is 25.0 Å². The average Bonchev–Trinajstić information content (AvgIpc) is 2.78. The molecule has 7 heteroatoms. The molecule has 106 valence electrons. The number of carbonyl (C=O) groups excluding carboxylic acids is 1. The molecule has 1 amide bonds. The van der Waals surface area contributed by atoms with Gasteiger partial charge in [0.25, 0.3) is 5.91 Å². The fourth-order valence-electron chi connectivity index (χ4n) is 2.03. The van der Waals surface area contributed by atoms with Crippen molar-refractivity contribution in [3.05, 3.63) is 29.6 Å². The first kappa shape index (κ1) is 17.7. The highest BCUT2D eigenvalue weighted by atomic mass is 35.5. The smallest absolute Gasteiger partial charge is 0.308 e. The quantitative estimate of drug-likeness (QED) is 0.904. The Hall–Kier alpha value is -1.33. The van der Waals surface area contributed by atoms with Crippen molar-refractivity contribution in [1.29, 1.82) is 0 Å². The van der Waals surface area contributed by atoms with E-state index in [0.717, 1.165) is 0 Å². The van der Waals surface area contributed by atoms with Crippen LogP contribution in [-0.4, -0.2) is 40.0 Å². The number of nitrogens with zero attached hydrogens (tertiary/aromatic N) is 2. The molecule has 1 unspecified atom stereocenters. The molecule has 1 aliphatic heterocycles. The minimum absolute atomic E-state index is 0. The lowest BCUT2D eigenvalue weighted by molar-refractivity contribution is -0.141. The van der Waals surface area contributed by atoms with Crippen LogP contribution >= 0.6 is 24.8 Å². The fourth-order valence-corrected chi connectivity index (χ4v) is 2.03. The van der Waals surface area contributed by atoms with Crippen LogP contribution in [0.5, 0.6) is 0 Å². The summed E-state index contributed by atoms with van der Waals surface area (Å²) >= 11 is 0. The van der Waals surface area contributed by atoms with E-state index in [0.29, 0.717) is 30.8 Å². The van der Waals surface area contributed by atoms with E-state index in [1.165, 1.54) is 0 Å². The first-order chi connectivity index (χ1) is 8.09. The van der Waals surface area contributed by atoms with E-state index in [1.807, 2.05) is 0 Å². The van der Waals surface area contributed by atoms with Gasteiger partial charge in [-0.2, -0.15) is 0 Å². The van der Waals surface area contributed by atoms with Gasteiger partial charge in [0.05, 0.1) is 11.5 Å². The maximum absolute atomic E-state index is 12.1. The number of pyridine rings is 1. The van der Waals surface area contributed by atoms with Crippen molar-refractivity contribution in [3.8, 4) is 0 Å². The lowest BCUT2D eigenvalue weighted by atomic mass is 10.1. The van der Waals surface area contributed by atoms with Gasteiger partial charge >= 0.3 is 5.97 Å². The second-order valence-corrected chi connectivity index (χ2v) is 4.21. The predicted octanol–water partition coefficient (Wildman–Crippen LogP) is 1.78. The minimum Gasteiger partial charge on any atom is -0.481 e. The Balaban J connectivity index is 0.00000162. The summed E-state index contributed by atoms with van der Waals surface area (Å²) in [5.74, 6) is -1.39. The van der Waals surface area contributed by atoms with Crippen molar-refractivity contribution in [2.75, 3.05) is 13.1 Å². The van der Waals surface area contributed by atoms with E-state index in [-0.39, 0.29) is 30.7 Å². The first-order valence-electron chi connectivity index (χ1n) is 5.53. The highest BCUT2D eigenvalue weighted by Gasteiger charge is 2.31. The fraction of sp³-hybridized carbons (Fsp3) is 0.417. The third-order valence-corrected chi connectivity index (χ3v) is 3.06. The molecular formula is C12H16Cl2N2O3. The van der Waals surface area contributed by atoms with Crippen molar-refractivity contribution in [3.63, 3.8) is 0 Å². The molecule has 0 aliphatic carbocycles. The molecule has 1 atom stereocenters.